The van der Waals surface area contributed by atoms with Gasteiger partial charge in [0, 0.05) is 6.04 Å². The van der Waals surface area contributed by atoms with Gasteiger partial charge in [0.15, 0.2) is 0 Å². The van der Waals surface area contributed by atoms with Crippen LogP contribution < -0.4 is 10.0 Å². The molecule has 1 heterocycles. The fourth-order valence-corrected chi connectivity index (χ4v) is 2.87. The van der Waals surface area contributed by atoms with Crippen LogP contribution in [0, 0.1) is 5.41 Å². The predicted molar refractivity (Wildman–Crippen MR) is 70.7 cm³/mol. The first-order chi connectivity index (χ1) is 7.26. The lowest BCUT2D eigenvalue weighted by Crippen LogP contribution is -2.50. The van der Waals surface area contributed by atoms with Crippen LogP contribution in [0.4, 0.5) is 0 Å². The number of piperidine rings is 1. The molecular weight excluding hydrogens is 220 g/mol. The van der Waals surface area contributed by atoms with Crippen molar-refractivity contribution in [1.82, 2.24) is 10.0 Å². The Morgan fingerprint density at radius 1 is 1.31 bits per heavy atom. The van der Waals surface area contributed by atoms with Gasteiger partial charge < -0.3 is 5.32 Å². The molecule has 1 saturated heterocycles. The molecule has 1 fully saturated rings. The van der Waals surface area contributed by atoms with Gasteiger partial charge in [0.2, 0.25) is 0 Å². The highest BCUT2D eigenvalue weighted by Crippen LogP contribution is 2.32. The summed E-state index contributed by atoms with van der Waals surface area (Å²) in [5, 5.41) is 3.37. The van der Waals surface area contributed by atoms with Gasteiger partial charge >= 0.3 is 0 Å². The zero-order valence-corrected chi connectivity index (χ0v) is 12.0. The van der Waals surface area contributed by atoms with E-state index in [0.717, 1.165) is 25.9 Å². The van der Waals surface area contributed by atoms with E-state index >= 15 is 0 Å². The Kier molecular flexibility index (Phi) is 4.55. The van der Waals surface area contributed by atoms with E-state index in [4.69, 9.17) is 0 Å². The number of rotatable bonds is 3. The van der Waals surface area contributed by atoms with E-state index in [2.05, 4.69) is 23.9 Å². The van der Waals surface area contributed by atoms with Crippen LogP contribution in [-0.4, -0.2) is 28.1 Å². The summed E-state index contributed by atoms with van der Waals surface area (Å²) in [7, 11) is -0.965. The van der Waals surface area contributed by atoms with Crippen LogP contribution in [0.25, 0.3) is 0 Å². The lowest BCUT2D eigenvalue weighted by molar-refractivity contribution is 0.181. The molecule has 4 heteroatoms. The van der Waals surface area contributed by atoms with Gasteiger partial charge in [-0.05, 0) is 59.0 Å². The molecule has 0 aliphatic carbocycles. The molecule has 1 unspecified atom stereocenters. The molecule has 1 rings (SSSR count). The molecule has 3 nitrogen and oxygen atoms in total. The van der Waals surface area contributed by atoms with Crippen LogP contribution in [0.3, 0.4) is 0 Å². The third-order valence-electron chi connectivity index (χ3n) is 3.63. The van der Waals surface area contributed by atoms with E-state index in [9.17, 15) is 4.21 Å². The Morgan fingerprint density at radius 3 is 2.25 bits per heavy atom. The van der Waals surface area contributed by atoms with Crippen LogP contribution in [0.15, 0.2) is 0 Å². The molecule has 2 N–H and O–H groups in total. The summed E-state index contributed by atoms with van der Waals surface area (Å²) in [6, 6.07) is 0.301. The van der Waals surface area contributed by atoms with Gasteiger partial charge in [-0.2, -0.15) is 0 Å². The average Bonchev–Trinajstić information content (AvgIpc) is 2.17. The highest BCUT2D eigenvalue weighted by Gasteiger charge is 2.34. The highest BCUT2D eigenvalue weighted by atomic mass is 32.2. The standard InChI is InChI=1S/C12H26N2OS/c1-10(14-16(15)11(2,3)4)12(5)6-8-13-9-7-12/h10,13-14H,6-9H2,1-5H3/t10-,16?/m1/s1. The molecule has 0 aromatic rings. The van der Waals surface area contributed by atoms with E-state index in [1.54, 1.807) is 0 Å². The van der Waals surface area contributed by atoms with Gasteiger partial charge in [0.05, 0.1) is 15.7 Å². The lowest BCUT2D eigenvalue weighted by Gasteiger charge is -2.40. The first-order valence-electron chi connectivity index (χ1n) is 6.14. The first-order valence-corrected chi connectivity index (χ1v) is 7.29. The van der Waals surface area contributed by atoms with Crippen molar-refractivity contribution in [2.45, 2.75) is 58.2 Å². The Hall–Kier alpha value is 0.0700. The zero-order chi connectivity index (χ0) is 12.4. The van der Waals surface area contributed by atoms with Crippen LogP contribution in [0.1, 0.15) is 47.5 Å². The van der Waals surface area contributed by atoms with E-state index in [0.29, 0.717) is 6.04 Å². The van der Waals surface area contributed by atoms with E-state index < -0.39 is 11.0 Å². The predicted octanol–water partition coefficient (Wildman–Crippen LogP) is 1.82. The van der Waals surface area contributed by atoms with Crippen molar-refractivity contribution < 1.29 is 4.21 Å². The van der Waals surface area contributed by atoms with E-state index in [1.165, 1.54) is 0 Å². The van der Waals surface area contributed by atoms with Crippen LogP contribution in [0.5, 0.6) is 0 Å². The minimum absolute atomic E-state index is 0.183. The molecule has 0 bridgehead atoms. The second kappa shape index (κ2) is 5.15. The third kappa shape index (κ3) is 3.54. The van der Waals surface area contributed by atoms with Gasteiger partial charge in [0.25, 0.3) is 0 Å². The Labute approximate surface area is 102 Å². The molecule has 16 heavy (non-hydrogen) atoms. The summed E-state index contributed by atoms with van der Waals surface area (Å²) in [6.07, 6.45) is 2.31. The molecule has 96 valence electrons. The Bertz CT molecular complexity index is 254. The lowest BCUT2D eigenvalue weighted by atomic mass is 9.76. The third-order valence-corrected chi connectivity index (χ3v) is 5.31. The van der Waals surface area contributed by atoms with Crippen molar-refractivity contribution in [3.8, 4) is 0 Å². The van der Waals surface area contributed by atoms with Crippen molar-refractivity contribution in [2.24, 2.45) is 5.41 Å². The molecule has 0 saturated carbocycles. The topological polar surface area (TPSA) is 41.1 Å². The maximum Gasteiger partial charge on any atom is 0.0972 e. The van der Waals surface area contributed by atoms with Crippen molar-refractivity contribution in [3.05, 3.63) is 0 Å². The fourth-order valence-electron chi connectivity index (χ4n) is 1.91. The zero-order valence-electron chi connectivity index (χ0n) is 11.2. The fraction of sp³-hybridized carbons (Fsp3) is 1.00. The normalized spacial score (nSPS) is 25.1. The van der Waals surface area contributed by atoms with Crippen molar-refractivity contribution in [2.75, 3.05) is 13.1 Å². The molecule has 1 aliphatic rings. The van der Waals surface area contributed by atoms with E-state index in [1.807, 2.05) is 20.8 Å². The molecule has 1 aliphatic heterocycles. The van der Waals surface area contributed by atoms with Crippen LogP contribution in [-0.2, 0) is 11.0 Å². The maximum atomic E-state index is 12.0. The summed E-state index contributed by atoms with van der Waals surface area (Å²) in [4.78, 5) is 0. The quantitative estimate of drug-likeness (QED) is 0.797. The molecule has 2 atom stereocenters. The molecule has 0 spiro atoms. The Balaban J connectivity index is 2.57. The minimum Gasteiger partial charge on any atom is -0.317 e. The number of hydrogen-bond acceptors (Lipinski definition) is 2. The summed E-state index contributed by atoms with van der Waals surface area (Å²) >= 11 is 0. The van der Waals surface area contributed by atoms with Gasteiger partial charge in [-0.25, -0.2) is 8.93 Å². The highest BCUT2D eigenvalue weighted by molar-refractivity contribution is 7.84. The smallest absolute Gasteiger partial charge is 0.0972 e. The average molecular weight is 246 g/mol. The van der Waals surface area contributed by atoms with Gasteiger partial charge in [0.1, 0.15) is 0 Å². The van der Waals surface area contributed by atoms with Gasteiger partial charge in [-0.15, -0.1) is 0 Å². The summed E-state index contributed by atoms with van der Waals surface area (Å²) < 4.78 is 15.1. The summed E-state index contributed by atoms with van der Waals surface area (Å²) in [5.74, 6) is 0. The second-order valence-corrected chi connectivity index (χ2v) is 8.12. The second-order valence-electron chi connectivity index (χ2n) is 6.12. The SMILES string of the molecule is C[C@@H](NS(=O)C(C)(C)C)C1(C)CCNCC1. The largest absolute Gasteiger partial charge is 0.317 e. The van der Waals surface area contributed by atoms with E-state index in [-0.39, 0.29) is 10.2 Å². The number of hydrogen-bond donors (Lipinski definition) is 2. The van der Waals surface area contributed by atoms with Crippen molar-refractivity contribution >= 4 is 11.0 Å². The van der Waals surface area contributed by atoms with Crippen LogP contribution >= 0.6 is 0 Å². The maximum absolute atomic E-state index is 12.0. The van der Waals surface area contributed by atoms with Crippen molar-refractivity contribution in [3.63, 3.8) is 0 Å². The Morgan fingerprint density at radius 2 is 1.81 bits per heavy atom. The molecule has 0 radical (unpaired) electrons. The molecule has 0 amide bonds. The minimum atomic E-state index is -0.965. The van der Waals surface area contributed by atoms with Crippen LogP contribution in [0.2, 0.25) is 0 Å². The monoisotopic (exact) mass is 246 g/mol. The summed E-state index contributed by atoms with van der Waals surface area (Å²) in [5.41, 5.74) is 0.270. The molecular formula is C12H26N2OS. The van der Waals surface area contributed by atoms with Gasteiger partial charge in [-0.1, -0.05) is 6.92 Å². The molecule has 0 aromatic carbocycles. The molecule has 0 aromatic heterocycles. The first kappa shape index (κ1) is 14.1. The van der Waals surface area contributed by atoms with Gasteiger partial charge in [-0.3, -0.25) is 0 Å². The van der Waals surface area contributed by atoms with Crippen molar-refractivity contribution in [1.29, 1.82) is 0 Å². The number of nitrogens with one attached hydrogen (secondary N) is 2. The summed E-state index contributed by atoms with van der Waals surface area (Å²) in [6.45, 7) is 12.6.